The number of carbonyl (C=O) groups excluding carboxylic acids is 2. The van der Waals surface area contributed by atoms with E-state index in [0.29, 0.717) is 23.1 Å². The van der Waals surface area contributed by atoms with Crippen molar-refractivity contribution in [1.29, 1.82) is 0 Å². The number of carbonyl (C=O) groups is 2. The summed E-state index contributed by atoms with van der Waals surface area (Å²) in [5.74, 6) is -0.439. The van der Waals surface area contributed by atoms with E-state index in [9.17, 15) is 9.59 Å². The van der Waals surface area contributed by atoms with Gasteiger partial charge in [-0.15, -0.1) is 0 Å². The minimum Gasteiger partial charge on any atom is -0.381 e. The van der Waals surface area contributed by atoms with Crippen molar-refractivity contribution in [2.45, 2.75) is 45.1 Å². The highest BCUT2D eigenvalue weighted by Gasteiger charge is 2.14. The van der Waals surface area contributed by atoms with Gasteiger partial charge in [-0.2, -0.15) is 0 Å². The van der Waals surface area contributed by atoms with Crippen LogP contribution in [0.2, 0.25) is 0 Å². The third-order valence-electron chi connectivity index (χ3n) is 4.41. The summed E-state index contributed by atoms with van der Waals surface area (Å²) in [6.45, 7) is 1.44. The fourth-order valence-corrected chi connectivity index (χ4v) is 3.17. The highest BCUT2D eigenvalue weighted by atomic mass is 16.2. The van der Waals surface area contributed by atoms with Crippen LogP contribution in [0.3, 0.4) is 0 Å². The molecule has 3 rings (SSSR count). The normalized spacial score (nSPS) is 14.5. The monoisotopic (exact) mass is 352 g/mol. The average molecular weight is 352 g/mol. The first-order valence-corrected chi connectivity index (χ1v) is 9.02. The lowest BCUT2D eigenvalue weighted by atomic mass is 9.95. The van der Waals surface area contributed by atoms with E-state index >= 15 is 0 Å². The molecule has 6 heteroatoms. The van der Waals surface area contributed by atoms with Gasteiger partial charge in [-0.25, -0.2) is 4.98 Å². The van der Waals surface area contributed by atoms with Gasteiger partial charge in [0, 0.05) is 24.3 Å². The molecule has 3 N–H and O–H groups in total. The summed E-state index contributed by atoms with van der Waals surface area (Å²) in [5.41, 5.74) is 2.54. The molecule has 0 aliphatic heterocycles. The van der Waals surface area contributed by atoms with Crippen molar-refractivity contribution in [3.05, 3.63) is 48.3 Å². The number of pyridine rings is 1. The molecule has 1 saturated carbocycles. The lowest BCUT2D eigenvalue weighted by Crippen LogP contribution is -2.22. The standard InChI is InChI=1S/C20H24N4O2/c1-14(25)22-16-8-5-9-17(12-16)24-20(26)19-11-10-18(13-21-19)23-15-6-3-2-4-7-15/h5,8-13,15,23H,2-4,6-7H2,1H3,(H,22,25)(H,24,26). The topological polar surface area (TPSA) is 83.1 Å². The van der Waals surface area contributed by atoms with Crippen LogP contribution in [-0.2, 0) is 4.79 Å². The van der Waals surface area contributed by atoms with Gasteiger partial charge in [0.05, 0.1) is 11.9 Å². The summed E-state index contributed by atoms with van der Waals surface area (Å²) in [7, 11) is 0. The lowest BCUT2D eigenvalue weighted by Gasteiger charge is -2.23. The van der Waals surface area contributed by atoms with E-state index in [0.717, 1.165) is 5.69 Å². The summed E-state index contributed by atoms with van der Waals surface area (Å²) >= 11 is 0. The second-order valence-electron chi connectivity index (χ2n) is 6.63. The lowest BCUT2D eigenvalue weighted by molar-refractivity contribution is -0.114. The Morgan fingerprint density at radius 1 is 0.962 bits per heavy atom. The zero-order valence-corrected chi connectivity index (χ0v) is 14.9. The second-order valence-corrected chi connectivity index (χ2v) is 6.63. The predicted molar refractivity (Wildman–Crippen MR) is 103 cm³/mol. The van der Waals surface area contributed by atoms with E-state index in [-0.39, 0.29) is 11.8 Å². The Bertz CT molecular complexity index is 768. The van der Waals surface area contributed by atoms with Crippen molar-refractivity contribution in [3.63, 3.8) is 0 Å². The van der Waals surface area contributed by atoms with Crippen LogP contribution in [0, 0.1) is 0 Å². The highest BCUT2D eigenvalue weighted by molar-refractivity contribution is 6.03. The molecule has 6 nitrogen and oxygen atoms in total. The van der Waals surface area contributed by atoms with Gasteiger partial charge in [0.2, 0.25) is 5.91 Å². The third-order valence-corrected chi connectivity index (χ3v) is 4.41. The summed E-state index contributed by atoms with van der Waals surface area (Å²) in [6, 6.07) is 11.1. The number of anilines is 3. The Morgan fingerprint density at radius 3 is 2.35 bits per heavy atom. The number of aromatic nitrogens is 1. The van der Waals surface area contributed by atoms with Crippen LogP contribution in [0.4, 0.5) is 17.1 Å². The fraction of sp³-hybridized carbons (Fsp3) is 0.350. The average Bonchev–Trinajstić information content (AvgIpc) is 2.63. The molecule has 1 aliphatic rings. The third kappa shape index (κ3) is 5.05. The number of nitrogens with zero attached hydrogens (tertiary/aromatic N) is 1. The maximum absolute atomic E-state index is 12.4. The molecule has 26 heavy (non-hydrogen) atoms. The van der Waals surface area contributed by atoms with E-state index in [4.69, 9.17) is 0 Å². The molecule has 1 heterocycles. The van der Waals surface area contributed by atoms with Crippen molar-refractivity contribution >= 4 is 28.9 Å². The van der Waals surface area contributed by atoms with Crippen molar-refractivity contribution in [3.8, 4) is 0 Å². The van der Waals surface area contributed by atoms with E-state index < -0.39 is 0 Å². The van der Waals surface area contributed by atoms with Gasteiger partial charge in [-0.3, -0.25) is 9.59 Å². The maximum Gasteiger partial charge on any atom is 0.274 e. The largest absolute Gasteiger partial charge is 0.381 e. The SMILES string of the molecule is CC(=O)Nc1cccc(NC(=O)c2ccc(NC3CCCCC3)cn2)c1. The van der Waals surface area contributed by atoms with Crippen LogP contribution >= 0.6 is 0 Å². The predicted octanol–water partition coefficient (Wildman–Crippen LogP) is 4.04. The molecular formula is C20H24N4O2. The molecule has 0 saturated heterocycles. The van der Waals surface area contributed by atoms with Crippen LogP contribution in [0.5, 0.6) is 0 Å². The molecule has 2 amide bonds. The second kappa shape index (κ2) is 8.47. The molecule has 0 unspecified atom stereocenters. The Hall–Kier alpha value is -2.89. The van der Waals surface area contributed by atoms with E-state index in [1.54, 1.807) is 36.5 Å². The van der Waals surface area contributed by atoms with Crippen LogP contribution in [-0.4, -0.2) is 22.8 Å². The highest BCUT2D eigenvalue weighted by Crippen LogP contribution is 2.21. The summed E-state index contributed by atoms with van der Waals surface area (Å²) in [6.07, 6.45) is 7.93. The number of benzene rings is 1. The minimum atomic E-state index is -0.283. The Morgan fingerprint density at radius 2 is 1.69 bits per heavy atom. The van der Waals surface area contributed by atoms with E-state index in [1.807, 2.05) is 6.07 Å². The van der Waals surface area contributed by atoms with Crippen LogP contribution in [0.25, 0.3) is 0 Å². The molecule has 0 bridgehead atoms. The molecule has 2 aromatic rings. The smallest absolute Gasteiger partial charge is 0.274 e. The van der Waals surface area contributed by atoms with Gasteiger partial charge in [-0.1, -0.05) is 25.3 Å². The molecule has 1 aromatic heterocycles. The van der Waals surface area contributed by atoms with E-state index in [1.165, 1.54) is 39.0 Å². The number of rotatable bonds is 5. The number of hydrogen-bond donors (Lipinski definition) is 3. The molecule has 136 valence electrons. The zero-order chi connectivity index (χ0) is 18.4. The van der Waals surface area contributed by atoms with Crippen LogP contribution in [0.1, 0.15) is 49.5 Å². The first-order chi connectivity index (χ1) is 12.6. The van der Waals surface area contributed by atoms with E-state index in [2.05, 4.69) is 20.9 Å². The summed E-state index contributed by atoms with van der Waals surface area (Å²) < 4.78 is 0. The Labute approximate surface area is 153 Å². The van der Waals surface area contributed by atoms with Crippen molar-refractivity contribution < 1.29 is 9.59 Å². The van der Waals surface area contributed by atoms with Gasteiger partial charge in [-0.05, 0) is 43.2 Å². The maximum atomic E-state index is 12.4. The van der Waals surface area contributed by atoms with Crippen LogP contribution in [0.15, 0.2) is 42.6 Å². The van der Waals surface area contributed by atoms with Gasteiger partial charge in [0.25, 0.3) is 5.91 Å². The molecule has 0 radical (unpaired) electrons. The van der Waals surface area contributed by atoms with Crippen molar-refractivity contribution in [2.75, 3.05) is 16.0 Å². The quantitative estimate of drug-likeness (QED) is 0.758. The fourth-order valence-electron chi connectivity index (χ4n) is 3.17. The molecule has 1 aromatic carbocycles. The van der Waals surface area contributed by atoms with Crippen molar-refractivity contribution in [1.82, 2.24) is 4.98 Å². The number of amides is 2. The Balaban J connectivity index is 1.60. The first kappa shape index (κ1) is 17.9. The molecular weight excluding hydrogens is 328 g/mol. The molecule has 0 atom stereocenters. The molecule has 0 spiro atoms. The van der Waals surface area contributed by atoms with Crippen molar-refractivity contribution in [2.24, 2.45) is 0 Å². The van der Waals surface area contributed by atoms with Gasteiger partial charge >= 0.3 is 0 Å². The van der Waals surface area contributed by atoms with Crippen LogP contribution < -0.4 is 16.0 Å². The van der Waals surface area contributed by atoms with Gasteiger partial charge in [0.15, 0.2) is 0 Å². The number of hydrogen-bond acceptors (Lipinski definition) is 4. The van der Waals surface area contributed by atoms with Gasteiger partial charge < -0.3 is 16.0 Å². The minimum absolute atomic E-state index is 0.156. The summed E-state index contributed by atoms with van der Waals surface area (Å²) in [4.78, 5) is 27.8. The molecule has 1 aliphatic carbocycles. The Kier molecular flexibility index (Phi) is 5.84. The molecule has 1 fully saturated rings. The number of nitrogens with one attached hydrogen (secondary N) is 3. The van der Waals surface area contributed by atoms with Gasteiger partial charge in [0.1, 0.15) is 5.69 Å². The zero-order valence-electron chi connectivity index (χ0n) is 14.9. The summed E-state index contributed by atoms with van der Waals surface area (Å²) in [5, 5.41) is 8.98. The first-order valence-electron chi connectivity index (χ1n) is 9.02.